The van der Waals surface area contributed by atoms with Crippen molar-refractivity contribution >= 4 is 32.2 Å². The molecule has 0 saturated carbocycles. The van der Waals surface area contributed by atoms with Crippen LogP contribution in [0.15, 0.2) is 40.4 Å². The topological polar surface area (TPSA) is 43.3 Å². The van der Waals surface area contributed by atoms with Crippen molar-refractivity contribution in [3.8, 4) is 0 Å². The molecule has 3 rings (SSSR count). The summed E-state index contributed by atoms with van der Waals surface area (Å²) in [7, 11) is 0. The molecular formula is C14H14BrN3S. The average Bonchev–Trinajstić information content (AvgIpc) is 2.93. The van der Waals surface area contributed by atoms with Gasteiger partial charge in [0.1, 0.15) is 0 Å². The highest BCUT2D eigenvalue weighted by atomic mass is 79.9. The monoisotopic (exact) mass is 335 g/mol. The van der Waals surface area contributed by atoms with Gasteiger partial charge in [-0.1, -0.05) is 34.1 Å². The number of halogens is 1. The molecule has 2 heterocycles. The summed E-state index contributed by atoms with van der Waals surface area (Å²) in [5, 5.41) is 2.03. The van der Waals surface area contributed by atoms with Crippen LogP contribution in [0.1, 0.15) is 22.9 Å². The van der Waals surface area contributed by atoms with Crippen LogP contribution in [0.3, 0.4) is 0 Å². The standard InChI is InChI=1S/C14H14BrN3S/c1-9-3-2-4-11(13(9)15)12(16)7-10-8-18-5-6-19-14(18)17-10/h2-6,8,12H,7,16H2,1H3. The summed E-state index contributed by atoms with van der Waals surface area (Å²) in [6, 6.07) is 6.15. The van der Waals surface area contributed by atoms with E-state index in [0.29, 0.717) is 0 Å². The molecule has 19 heavy (non-hydrogen) atoms. The van der Waals surface area contributed by atoms with E-state index in [0.717, 1.165) is 27.1 Å². The first-order valence-corrected chi connectivity index (χ1v) is 7.74. The van der Waals surface area contributed by atoms with Crippen LogP contribution in [0.4, 0.5) is 0 Å². The number of hydrogen-bond donors (Lipinski definition) is 1. The summed E-state index contributed by atoms with van der Waals surface area (Å²) in [5.74, 6) is 0. The fraction of sp³-hybridized carbons (Fsp3) is 0.214. The number of rotatable bonds is 3. The molecule has 0 spiro atoms. The van der Waals surface area contributed by atoms with Crippen molar-refractivity contribution in [2.45, 2.75) is 19.4 Å². The molecular weight excluding hydrogens is 322 g/mol. The lowest BCUT2D eigenvalue weighted by molar-refractivity contribution is 0.706. The summed E-state index contributed by atoms with van der Waals surface area (Å²) < 4.78 is 3.14. The van der Waals surface area contributed by atoms with E-state index < -0.39 is 0 Å². The molecule has 0 fully saturated rings. The van der Waals surface area contributed by atoms with Gasteiger partial charge in [-0.2, -0.15) is 0 Å². The van der Waals surface area contributed by atoms with Gasteiger partial charge in [0.2, 0.25) is 0 Å². The summed E-state index contributed by atoms with van der Waals surface area (Å²) >= 11 is 5.26. The molecule has 98 valence electrons. The van der Waals surface area contributed by atoms with Crippen LogP contribution in [0.25, 0.3) is 4.96 Å². The molecule has 0 bridgehead atoms. The molecule has 2 aromatic heterocycles. The number of nitrogens with two attached hydrogens (primary N) is 1. The fourth-order valence-corrected chi connectivity index (χ4v) is 3.44. The molecule has 2 N–H and O–H groups in total. The highest BCUT2D eigenvalue weighted by Gasteiger charge is 2.14. The zero-order valence-electron chi connectivity index (χ0n) is 10.5. The molecule has 0 aliphatic heterocycles. The number of benzene rings is 1. The molecule has 1 unspecified atom stereocenters. The van der Waals surface area contributed by atoms with Gasteiger partial charge in [0.25, 0.3) is 0 Å². The minimum absolute atomic E-state index is 0.0427. The van der Waals surface area contributed by atoms with E-state index in [4.69, 9.17) is 5.73 Å². The van der Waals surface area contributed by atoms with E-state index in [1.54, 1.807) is 11.3 Å². The molecule has 0 aliphatic rings. The number of thiazole rings is 1. The lowest BCUT2D eigenvalue weighted by Gasteiger charge is -2.14. The van der Waals surface area contributed by atoms with E-state index in [9.17, 15) is 0 Å². The number of fused-ring (bicyclic) bond motifs is 1. The van der Waals surface area contributed by atoms with Crippen LogP contribution < -0.4 is 5.73 Å². The molecule has 0 amide bonds. The molecule has 0 saturated heterocycles. The SMILES string of the molecule is Cc1cccc(C(N)Cc2cn3ccsc3n2)c1Br. The largest absolute Gasteiger partial charge is 0.324 e. The van der Waals surface area contributed by atoms with Gasteiger partial charge < -0.3 is 5.73 Å². The van der Waals surface area contributed by atoms with Gasteiger partial charge in [-0.05, 0) is 18.1 Å². The Hall–Kier alpha value is -1.17. The normalized spacial score (nSPS) is 13.0. The first-order chi connectivity index (χ1) is 9.15. The van der Waals surface area contributed by atoms with Crippen LogP contribution in [-0.2, 0) is 6.42 Å². The summed E-state index contributed by atoms with van der Waals surface area (Å²) in [4.78, 5) is 5.60. The highest BCUT2D eigenvalue weighted by molar-refractivity contribution is 9.10. The maximum absolute atomic E-state index is 6.31. The summed E-state index contributed by atoms with van der Waals surface area (Å²) in [6.45, 7) is 2.08. The van der Waals surface area contributed by atoms with Crippen LogP contribution in [-0.4, -0.2) is 9.38 Å². The van der Waals surface area contributed by atoms with Crippen molar-refractivity contribution in [1.29, 1.82) is 0 Å². The van der Waals surface area contributed by atoms with Crippen LogP contribution in [0.5, 0.6) is 0 Å². The number of nitrogens with zero attached hydrogens (tertiary/aromatic N) is 2. The Labute approximate surface area is 124 Å². The van der Waals surface area contributed by atoms with Gasteiger partial charge in [-0.3, -0.25) is 4.40 Å². The van der Waals surface area contributed by atoms with Gasteiger partial charge in [0, 0.05) is 34.7 Å². The quantitative estimate of drug-likeness (QED) is 0.792. The van der Waals surface area contributed by atoms with Gasteiger partial charge in [-0.15, -0.1) is 11.3 Å². The predicted molar refractivity (Wildman–Crippen MR) is 82.6 cm³/mol. The van der Waals surface area contributed by atoms with Gasteiger partial charge in [-0.25, -0.2) is 4.98 Å². The van der Waals surface area contributed by atoms with E-state index in [1.165, 1.54) is 5.56 Å². The Morgan fingerprint density at radius 1 is 1.47 bits per heavy atom. The van der Waals surface area contributed by atoms with Gasteiger partial charge in [0.15, 0.2) is 4.96 Å². The van der Waals surface area contributed by atoms with Crippen molar-refractivity contribution in [3.63, 3.8) is 0 Å². The van der Waals surface area contributed by atoms with Crippen LogP contribution in [0.2, 0.25) is 0 Å². The van der Waals surface area contributed by atoms with Gasteiger partial charge in [0.05, 0.1) is 5.69 Å². The van der Waals surface area contributed by atoms with Crippen LogP contribution >= 0.6 is 27.3 Å². The first kappa shape index (κ1) is 12.8. The molecule has 5 heteroatoms. The smallest absolute Gasteiger partial charge is 0.193 e. The van der Waals surface area contributed by atoms with Crippen molar-refractivity contribution in [3.05, 3.63) is 57.3 Å². The third kappa shape index (κ3) is 2.45. The maximum Gasteiger partial charge on any atom is 0.193 e. The number of aryl methyl sites for hydroxylation is 1. The molecule has 0 radical (unpaired) electrons. The Morgan fingerprint density at radius 3 is 3.11 bits per heavy atom. The third-order valence-corrected chi connectivity index (χ3v) is 5.05. The Morgan fingerprint density at radius 2 is 2.32 bits per heavy atom. The minimum atomic E-state index is -0.0427. The number of imidazole rings is 1. The summed E-state index contributed by atoms with van der Waals surface area (Å²) in [5.41, 5.74) is 9.69. The third-order valence-electron chi connectivity index (χ3n) is 3.19. The lowest BCUT2D eigenvalue weighted by atomic mass is 10.0. The number of hydrogen-bond acceptors (Lipinski definition) is 3. The second-order valence-electron chi connectivity index (χ2n) is 4.61. The van der Waals surface area contributed by atoms with Gasteiger partial charge >= 0.3 is 0 Å². The zero-order chi connectivity index (χ0) is 13.4. The molecule has 3 aromatic rings. The molecule has 3 nitrogen and oxygen atoms in total. The summed E-state index contributed by atoms with van der Waals surface area (Å²) in [6.07, 6.45) is 4.82. The predicted octanol–water partition coefficient (Wildman–Crippen LogP) is 3.71. The maximum atomic E-state index is 6.31. The molecule has 1 aromatic carbocycles. The fourth-order valence-electron chi connectivity index (χ4n) is 2.17. The van der Waals surface area contributed by atoms with Crippen molar-refractivity contribution < 1.29 is 0 Å². The Bertz CT molecular complexity index is 688. The van der Waals surface area contributed by atoms with E-state index >= 15 is 0 Å². The van der Waals surface area contributed by atoms with Crippen molar-refractivity contribution in [2.24, 2.45) is 5.73 Å². The second-order valence-corrected chi connectivity index (χ2v) is 6.28. The van der Waals surface area contributed by atoms with Crippen molar-refractivity contribution in [1.82, 2.24) is 9.38 Å². The van der Waals surface area contributed by atoms with E-state index in [-0.39, 0.29) is 6.04 Å². The lowest BCUT2D eigenvalue weighted by Crippen LogP contribution is -2.14. The average molecular weight is 336 g/mol. The zero-order valence-corrected chi connectivity index (χ0v) is 12.9. The van der Waals surface area contributed by atoms with Crippen LogP contribution in [0, 0.1) is 6.92 Å². The first-order valence-electron chi connectivity index (χ1n) is 6.07. The molecule has 0 aliphatic carbocycles. The number of aromatic nitrogens is 2. The highest BCUT2D eigenvalue weighted by Crippen LogP contribution is 2.27. The van der Waals surface area contributed by atoms with E-state index in [1.807, 2.05) is 22.0 Å². The van der Waals surface area contributed by atoms with E-state index in [2.05, 4.69) is 46.2 Å². The Balaban J connectivity index is 1.86. The van der Waals surface area contributed by atoms with Crippen molar-refractivity contribution in [2.75, 3.05) is 0 Å². The minimum Gasteiger partial charge on any atom is -0.324 e. The molecule has 1 atom stereocenters. The Kier molecular flexibility index (Phi) is 3.43. The second kappa shape index (κ2) is 5.07.